The second-order valence-electron chi connectivity index (χ2n) is 3.72. The number of carbonyl (C=O) groups is 1. The van der Waals surface area contributed by atoms with Gasteiger partial charge in [0.25, 0.3) is 5.91 Å². The Morgan fingerprint density at radius 1 is 1.29 bits per heavy atom. The van der Waals surface area contributed by atoms with Crippen molar-refractivity contribution in [2.75, 3.05) is 0 Å². The zero-order chi connectivity index (χ0) is 15.2. The quantitative estimate of drug-likeness (QED) is 0.485. The van der Waals surface area contributed by atoms with Gasteiger partial charge in [0.2, 0.25) is 5.88 Å². The van der Waals surface area contributed by atoms with Crippen molar-refractivity contribution in [1.82, 2.24) is 9.97 Å². The molecule has 0 aliphatic carbocycles. The van der Waals surface area contributed by atoms with Crippen LogP contribution in [-0.2, 0) is 6.61 Å². The predicted octanol–water partition coefficient (Wildman–Crippen LogP) is 3.81. The van der Waals surface area contributed by atoms with Crippen LogP contribution >= 0.6 is 23.2 Å². The third-order valence-corrected chi connectivity index (χ3v) is 3.12. The van der Waals surface area contributed by atoms with Gasteiger partial charge in [-0.1, -0.05) is 29.3 Å². The van der Waals surface area contributed by atoms with Crippen molar-refractivity contribution < 1.29 is 9.53 Å². The molecule has 0 unspecified atom stereocenters. The molecule has 0 aliphatic heterocycles. The molecule has 0 atom stereocenters. The van der Waals surface area contributed by atoms with Gasteiger partial charge in [0.05, 0.1) is 12.4 Å². The van der Waals surface area contributed by atoms with Crippen LogP contribution in [0.25, 0.3) is 10.4 Å². The van der Waals surface area contributed by atoms with Crippen LogP contribution < -0.4 is 4.74 Å². The molecule has 1 heterocycles. The predicted molar refractivity (Wildman–Crippen MR) is 76.3 cm³/mol. The molecule has 7 nitrogen and oxygen atoms in total. The Hall–Kier alpha value is -2.34. The van der Waals surface area contributed by atoms with Gasteiger partial charge in [-0.3, -0.25) is 4.79 Å². The highest BCUT2D eigenvalue weighted by atomic mass is 35.5. The average Bonchev–Trinajstić information content (AvgIpc) is 2.47. The van der Waals surface area contributed by atoms with Crippen molar-refractivity contribution in [2.45, 2.75) is 6.61 Å². The molecule has 0 N–H and O–H groups in total. The minimum atomic E-state index is -0.814. The fourth-order valence-corrected chi connectivity index (χ4v) is 1.92. The lowest BCUT2D eigenvalue weighted by Crippen LogP contribution is -2.02. The van der Waals surface area contributed by atoms with E-state index in [0.717, 1.165) is 6.20 Å². The van der Waals surface area contributed by atoms with E-state index in [0.29, 0.717) is 15.6 Å². The number of rotatable bonds is 4. The van der Waals surface area contributed by atoms with Crippen LogP contribution in [0.4, 0.5) is 0 Å². The van der Waals surface area contributed by atoms with E-state index in [1.807, 2.05) is 0 Å². The Morgan fingerprint density at radius 3 is 2.57 bits per heavy atom. The largest absolute Gasteiger partial charge is 0.472 e. The van der Waals surface area contributed by atoms with E-state index in [-0.39, 0.29) is 18.2 Å². The highest BCUT2D eigenvalue weighted by molar-refractivity contribution is 6.35. The third kappa shape index (κ3) is 3.82. The van der Waals surface area contributed by atoms with Crippen molar-refractivity contribution in [2.24, 2.45) is 5.11 Å². The summed E-state index contributed by atoms with van der Waals surface area (Å²) in [5.41, 5.74) is 8.70. The van der Waals surface area contributed by atoms with Crippen LogP contribution in [0.15, 0.2) is 35.7 Å². The van der Waals surface area contributed by atoms with Gasteiger partial charge < -0.3 is 4.74 Å². The Morgan fingerprint density at radius 2 is 2.00 bits per heavy atom. The van der Waals surface area contributed by atoms with E-state index in [2.05, 4.69) is 20.0 Å². The first-order valence-electron chi connectivity index (χ1n) is 5.59. The van der Waals surface area contributed by atoms with Crippen molar-refractivity contribution in [3.05, 3.63) is 62.3 Å². The van der Waals surface area contributed by atoms with Crippen LogP contribution in [0.2, 0.25) is 10.0 Å². The van der Waals surface area contributed by atoms with Crippen LogP contribution in [-0.4, -0.2) is 15.9 Å². The molecule has 0 bridgehead atoms. The summed E-state index contributed by atoms with van der Waals surface area (Å²) in [7, 11) is 0. The molecule has 0 saturated heterocycles. The molecule has 1 aromatic heterocycles. The van der Waals surface area contributed by atoms with E-state index in [4.69, 9.17) is 33.5 Å². The zero-order valence-electron chi connectivity index (χ0n) is 10.4. The van der Waals surface area contributed by atoms with Gasteiger partial charge in [0.15, 0.2) is 0 Å². The van der Waals surface area contributed by atoms with E-state index in [1.54, 1.807) is 18.2 Å². The molecule has 0 aliphatic rings. The number of carbonyl (C=O) groups excluding carboxylic acids is 1. The maximum Gasteiger partial charge on any atom is 0.269 e. The highest BCUT2D eigenvalue weighted by Gasteiger charge is 2.09. The Balaban J connectivity index is 2.07. The second kappa shape index (κ2) is 6.90. The smallest absolute Gasteiger partial charge is 0.269 e. The van der Waals surface area contributed by atoms with E-state index in [1.165, 1.54) is 6.20 Å². The lowest BCUT2D eigenvalue weighted by atomic mass is 10.2. The Labute approximate surface area is 129 Å². The van der Waals surface area contributed by atoms with Gasteiger partial charge in [0.1, 0.15) is 12.3 Å². The van der Waals surface area contributed by atoms with Crippen LogP contribution in [0, 0.1) is 0 Å². The minimum Gasteiger partial charge on any atom is -0.472 e. The molecule has 1 amide bonds. The van der Waals surface area contributed by atoms with Gasteiger partial charge in [-0.2, -0.15) is 0 Å². The summed E-state index contributed by atoms with van der Waals surface area (Å²) in [6, 6.07) is 5.11. The summed E-state index contributed by atoms with van der Waals surface area (Å²) in [5.74, 6) is -0.630. The molecule has 2 rings (SSSR count). The average molecular weight is 324 g/mol. The molecule has 0 radical (unpaired) electrons. The number of hydrogen-bond acceptors (Lipinski definition) is 4. The standard InChI is InChI=1S/C12H7Cl2N5O2/c13-8-2-1-3-9(14)7(8)6-21-11-5-16-10(4-17-11)12(20)18-19-15/h1-5H,6H2. The first-order valence-corrected chi connectivity index (χ1v) is 6.34. The molecule has 9 heteroatoms. The van der Waals surface area contributed by atoms with Gasteiger partial charge in [-0.05, 0) is 22.8 Å². The molecular formula is C12H7Cl2N5O2. The van der Waals surface area contributed by atoms with Gasteiger partial charge in [-0.15, -0.1) is 0 Å². The number of nitrogens with zero attached hydrogens (tertiary/aromatic N) is 5. The molecule has 1 aromatic carbocycles. The van der Waals surface area contributed by atoms with Gasteiger partial charge in [0, 0.05) is 20.5 Å². The van der Waals surface area contributed by atoms with Crippen molar-refractivity contribution in [1.29, 1.82) is 0 Å². The lowest BCUT2D eigenvalue weighted by Gasteiger charge is -2.08. The molecular weight excluding hydrogens is 317 g/mol. The number of halogens is 2. The second-order valence-corrected chi connectivity index (χ2v) is 4.54. The Bertz CT molecular complexity index is 694. The number of ether oxygens (including phenoxy) is 1. The van der Waals surface area contributed by atoms with Crippen LogP contribution in [0.1, 0.15) is 16.1 Å². The molecule has 2 aromatic rings. The first kappa shape index (κ1) is 15.1. The minimum absolute atomic E-state index is 0.0732. The highest BCUT2D eigenvalue weighted by Crippen LogP contribution is 2.25. The van der Waals surface area contributed by atoms with Crippen molar-refractivity contribution >= 4 is 29.1 Å². The number of aromatic nitrogens is 2. The SMILES string of the molecule is [N-]=[N+]=NC(=O)c1cnc(OCc2c(Cl)cccc2Cl)cn1. The van der Waals surface area contributed by atoms with Gasteiger partial charge >= 0.3 is 0 Å². The lowest BCUT2D eigenvalue weighted by molar-refractivity contribution is 0.0995. The normalized spacial score (nSPS) is 9.81. The van der Waals surface area contributed by atoms with Crippen molar-refractivity contribution in [3.8, 4) is 5.88 Å². The summed E-state index contributed by atoms with van der Waals surface area (Å²) in [5, 5.41) is 3.86. The van der Waals surface area contributed by atoms with E-state index in [9.17, 15) is 4.79 Å². The van der Waals surface area contributed by atoms with Crippen molar-refractivity contribution in [3.63, 3.8) is 0 Å². The maximum atomic E-state index is 11.2. The number of hydrogen-bond donors (Lipinski definition) is 0. The molecule has 0 fully saturated rings. The molecule has 0 spiro atoms. The topological polar surface area (TPSA) is 101 Å². The maximum absolute atomic E-state index is 11.2. The summed E-state index contributed by atoms with van der Waals surface area (Å²) >= 11 is 12.0. The van der Waals surface area contributed by atoms with E-state index >= 15 is 0 Å². The number of azide groups is 1. The monoisotopic (exact) mass is 323 g/mol. The summed E-state index contributed by atoms with van der Waals surface area (Å²) in [6.07, 6.45) is 2.39. The molecule has 21 heavy (non-hydrogen) atoms. The fraction of sp³-hybridized carbons (Fsp3) is 0.0833. The molecule has 106 valence electrons. The Kier molecular flexibility index (Phi) is 4.94. The zero-order valence-corrected chi connectivity index (χ0v) is 11.9. The van der Waals surface area contributed by atoms with Gasteiger partial charge in [-0.25, -0.2) is 9.97 Å². The third-order valence-electron chi connectivity index (χ3n) is 2.41. The summed E-state index contributed by atoms with van der Waals surface area (Å²) in [6.45, 7) is 0.108. The van der Waals surface area contributed by atoms with Crippen LogP contribution in [0.3, 0.4) is 0 Å². The van der Waals surface area contributed by atoms with E-state index < -0.39 is 5.91 Å². The number of amides is 1. The fourth-order valence-electron chi connectivity index (χ4n) is 1.41. The summed E-state index contributed by atoms with van der Waals surface area (Å²) in [4.78, 5) is 21.3. The molecule has 0 saturated carbocycles. The number of benzene rings is 1. The van der Waals surface area contributed by atoms with Crippen LogP contribution in [0.5, 0.6) is 5.88 Å². The summed E-state index contributed by atoms with van der Waals surface area (Å²) < 4.78 is 5.39. The first-order chi connectivity index (χ1) is 10.1.